The fourth-order valence-corrected chi connectivity index (χ4v) is 3.21. The zero-order valence-electron chi connectivity index (χ0n) is 11.7. The average molecular weight is 262 g/mol. The molecule has 0 bridgehead atoms. The van der Waals surface area contributed by atoms with Crippen LogP contribution in [0.15, 0.2) is 0 Å². The van der Waals surface area contributed by atoms with Gasteiger partial charge in [0.2, 0.25) is 0 Å². The van der Waals surface area contributed by atoms with Crippen molar-refractivity contribution in [3.05, 3.63) is 0 Å². The molecule has 102 valence electrons. The summed E-state index contributed by atoms with van der Waals surface area (Å²) in [5, 5.41) is 3.35. The van der Waals surface area contributed by atoms with Crippen molar-refractivity contribution < 1.29 is 8.42 Å². The first-order chi connectivity index (χ1) is 7.65. The van der Waals surface area contributed by atoms with Gasteiger partial charge in [0.15, 0.2) is 9.84 Å². The van der Waals surface area contributed by atoms with Crippen LogP contribution in [0.2, 0.25) is 0 Å². The molecule has 0 spiro atoms. The summed E-state index contributed by atoms with van der Waals surface area (Å²) in [5.41, 5.74) is 0. The van der Waals surface area contributed by atoms with Crippen LogP contribution in [-0.4, -0.2) is 55.5 Å². The van der Waals surface area contributed by atoms with Crippen molar-refractivity contribution >= 4 is 9.84 Å². The third-order valence-corrected chi connectivity index (χ3v) is 6.15. The summed E-state index contributed by atoms with van der Waals surface area (Å²) in [6.07, 6.45) is 0. The van der Waals surface area contributed by atoms with Crippen LogP contribution in [0, 0.1) is 0 Å². The molecular weight excluding hydrogens is 236 g/mol. The predicted octanol–water partition coefficient (Wildman–Crippen LogP) is 0.882. The van der Waals surface area contributed by atoms with Crippen molar-refractivity contribution in [3.8, 4) is 0 Å². The molecule has 1 heterocycles. The highest BCUT2D eigenvalue weighted by atomic mass is 32.2. The molecule has 2 atom stereocenters. The molecule has 1 aliphatic heterocycles. The largest absolute Gasteiger partial charge is 0.314 e. The molecule has 1 fully saturated rings. The van der Waals surface area contributed by atoms with Crippen LogP contribution in [0.1, 0.15) is 34.6 Å². The van der Waals surface area contributed by atoms with E-state index in [0.29, 0.717) is 18.6 Å². The number of nitrogens with one attached hydrogen (secondary N) is 1. The fourth-order valence-electron chi connectivity index (χ4n) is 2.14. The van der Waals surface area contributed by atoms with E-state index in [4.69, 9.17) is 0 Å². The normalized spacial score (nSPS) is 28.3. The Kier molecular flexibility index (Phi) is 4.60. The van der Waals surface area contributed by atoms with Crippen LogP contribution in [0.5, 0.6) is 0 Å². The number of rotatable bonds is 3. The summed E-state index contributed by atoms with van der Waals surface area (Å²) in [7, 11) is -3.01. The first-order valence-corrected chi connectivity index (χ1v) is 7.99. The second kappa shape index (κ2) is 5.24. The second-order valence-electron chi connectivity index (χ2n) is 6.03. The Morgan fingerprint density at radius 3 is 2.06 bits per heavy atom. The van der Waals surface area contributed by atoms with Crippen LogP contribution in [0.4, 0.5) is 0 Å². The Morgan fingerprint density at radius 1 is 1.18 bits per heavy atom. The zero-order valence-corrected chi connectivity index (χ0v) is 12.5. The van der Waals surface area contributed by atoms with Gasteiger partial charge < -0.3 is 5.32 Å². The van der Waals surface area contributed by atoms with Crippen molar-refractivity contribution in [3.63, 3.8) is 0 Å². The van der Waals surface area contributed by atoms with Gasteiger partial charge >= 0.3 is 0 Å². The molecule has 0 amide bonds. The van der Waals surface area contributed by atoms with Gasteiger partial charge in [-0.2, -0.15) is 0 Å². The maximum absolute atomic E-state index is 12.1. The van der Waals surface area contributed by atoms with Crippen molar-refractivity contribution in [2.45, 2.75) is 51.4 Å². The molecular formula is C12H26N2O2S. The minimum atomic E-state index is -3.01. The molecule has 2 unspecified atom stereocenters. The van der Waals surface area contributed by atoms with Gasteiger partial charge in [-0.3, -0.25) is 4.90 Å². The van der Waals surface area contributed by atoms with E-state index in [1.165, 1.54) is 0 Å². The zero-order chi connectivity index (χ0) is 13.3. The van der Waals surface area contributed by atoms with Crippen molar-refractivity contribution in [1.29, 1.82) is 0 Å². The minimum Gasteiger partial charge on any atom is -0.314 e. The topological polar surface area (TPSA) is 49.4 Å². The molecule has 1 N–H and O–H groups in total. The van der Waals surface area contributed by atoms with E-state index in [9.17, 15) is 8.42 Å². The van der Waals surface area contributed by atoms with Crippen LogP contribution >= 0.6 is 0 Å². The van der Waals surface area contributed by atoms with E-state index in [2.05, 4.69) is 24.1 Å². The maximum Gasteiger partial charge on any atom is 0.156 e. The highest BCUT2D eigenvalue weighted by Gasteiger charge is 2.31. The lowest BCUT2D eigenvalue weighted by molar-refractivity contribution is 0.125. The smallest absolute Gasteiger partial charge is 0.156 e. The molecule has 17 heavy (non-hydrogen) atoms. The van der Waals surface area contributed by atoms with Gasteiger partial charge in [-0.25, -0.2) is 8.42 Å². The summed E-state index contributed by atoms with van der Waals surface area (Å²) in [5.74, 6) is 0.255. The first-order valence-electron chi connectivity index (χ1n) is 6.34. The average Bonchev–Trinajstić information content (AvgIpc) is 2.15. The number of hydrogen-bond donors (Lipinski definition) is 1. The van der Waals surface area contributed by atoms with Crippen LogP contribution in [0.25, 0.3) is 0 Å². The van der Waals surface area contributed by atoms with Gasteiger partial charge in [0, 0.05) is 31.7 Å². The molecule has 0 saturated carbocycles. The number of sulfone groups is 1. The van der Waals surface area contributed by atoms with Gasteiger partial charge in [-0.15, -0.1) is 0 Å². The number of nitrogens with zero attached hydrogens (tertiary/aromatic N) is 1. The van der Waals surface area contributed by atoms with Crippen molar-refractivity contribution in [2.75, 3.05) is 25.4 Å². The van der Waals surface area contributed by atoms with Gasteiger partial charge in [0.05, 0.1) is 10.5 Å². The lowest BCUT2D eigenvalue weighted by Gasteiger charge is -2.39. The Labute approximate surface area is 106 Å². The Morgan fingerprint density at radius 2 is 1.65 bits per heavy atom. The predicted molar refractivity (Wildman–Crippen MR) is 72.0 cm³/mol. The van der Waals surface area contributed by atoms with Crippen molar-refractivity contribution in [1.82, 2.24) is 10.2 Å². The van der Waals surface area contributed by atoms with Crippen LogP contribution < -0.4 is 5.32 Å². The molecule has 0 aromatic heterocycles. The monoisotopic (exact) mass is 262 g/mol. The lowest BCUT2D eigenvalue weighted by atomic mass is 10.1. The molecule has 4 nitrogen and oxygen atoms in total. The molecule has 1 aliphatic rings. The Bertz CT molecular complexity index is 336. The maximum atomic E-state index is 12.1. The van der Waals surface area contributed by atoms with E-state index in [0.717, 1.165) is 13.1 Å². The third-order valence-electron chi connectivity index (χ3n) is 3.56. The third kappa shape index (κ3) is 3.66. The van der Waals surface area contributed by atoms with Gasteiger partial charge in [0.1, 0.15) is 0 Å². The number of hydrogen-bond acceptors (Lipinski definition) is 4. The minimum absolute atomic E-state index is 0.255. The van der Waals surface area contributed by atoms with Crippen LogP contribution in [-0.2, 0) is 9.84 Å². The molecule has 0 aromatic rings. The highest BCUT2D eigenvalue weighted by Crippen LogP contribution is 2.17. The standard InChI is InChI=1S/C12H26N2O2S/c1-10-8-13-9-11(2)14(10)6-7-17(15,16)12(3,4)5/h10-11,13H,6-9H2,1-5H3. The van der Waals surface area contributed by atoms with Gasteiger partial charge in [-0.05, 0) is 34.6 Å². The molecule has 5 heteroatoms. The summed E-state index contributed by atoms with van der Waals surface area (Å²) >= 11 is 0. The Balaban J connectivity index is 2.61. The van der Waals surface area contributed by atoms with Crippen LogP contribution in [0.3, 0.4) is 0 Å². The first kappa shape index (κ1) is 14.9. The van der Waals surface area contributed by atoms with E-state index >= 15 is 0 Å². The van der Waals surface area contributed by atoms with Gasteiger partial charge in [0.25, 0.3) is 0 Å². The molecule has 0 aliphatic carbocycles. The molecule has 1 saturated heterocycles. The van der Waals surface area contributed by atoms with Gasteiger partial charge in [-0.1, -0.05) is 0 Å². The lowest BCUT2D eigenvalue weighted by Crippen LogP contribution is -2.56. The van der Waals surface area contributed by atoms with E-state index in [1.54, 1.807) is 20.8 Å². The summed E-state index contributed by atoms with van der Waals surface area (Å²) in [4.78, 5) is 2.29. The van der Waals surface area contributed by atoms with Crippen molar-refractivity contribution in [2.24, 2.45) is 0 Å². The number of piperazine rings is 1. The molecule has 0 radical (unpaired) electrons. The SMILES string of the molecule is CC1CNCC(C)N1CCS(=O)(=O)C(C)(C)C. The van der Waals surface area contributed by atoms with E-state index < -0.39 is 14.6 Å². The quantitative estimate of drug-likeness (QED) is 0.820. The molecule has 0 aromatic carbocycles. The molecule has 1 rings (SSSR count). The van der Waals surface area contributed by atoms with E-state index in [-0.39, 0.29) is 5.75 Å². The van der Waals surface area contributed by atoms with E-state index in [1.807, 2.05) is 0 Å². The highest BCUT2D eigenvalue weighted by molar-refractivity contribution is 7.92. The Hall–Kier alpha value is -0.130. The second-order valence-corrected chi connectivity index (χ2v) is 8.89. The summed E-state index contributed by atoms with van der Waals surface area (Å²) < 4.78 is 23.5. The summed E-state index contributed by atoms with van der Waals surface area (Å²) in [6, 6.07) is 0.822. The fraction of sp³-hybridized carbons (Fsp3) is 1.00. The summed E-state index contributed by atoms with van der Waals surface area (Å²) in [6.45, 7) is 12.1.